The Bertz CT molecular complexity index is 487. The molecule has 1 aliphatic heterocycles. The highest BCUT2D eigenvalue weighted by Gasteiger charge is 2.25. The maximum atomic E-state index is 12.4. The van der Waals surface area contributed by atoms with Crippen molar-refractivity contribution in [2.45, 2.75) is 36.8 Å². The highest BCUT2D eigenvalue weighted by molar-refractivity contribution is 8.00. The van der Waals surface area contributed by atoms with Crippen LogP contribution >= 0.6 is 35.0 Å². The second kappa shape index (κ2) is 7.06. The highest BCUT2D eigenvalue weighted by Crippen LogP contribution is 2.33. The molecule has 1 atom stereocenters. The van der Waals surface area contributed by atoms with Gasteiger partial charge in [-0.3, -0.25) is 4.79 Å². The first-order valence-electron chi connectivity index (χ1n) is 6.88. The molecule has 0 radical (unpaired) electrons. The molecule has 0 aromatic heterocycles. The zero-order valence-electron chi connectivity index (χ0n) is 11.7. The van der Waals surface area contributed by atoms with E-state index >= 15 is 0 Å². The molecule has 0 aliphatic carbocycles. The fraction of sp³-hybridized carbons (Fsp3) is 0.533. The van der Waals surface area contributed by atoms with Crippen LogP contribution in [0.1, 0.15) is 26.7 Å². The summed E-state index contributed by atoms with van der Waals surface area (Å²) in [6, 6.07) is 5.34. The van der Waals surface area contributed by atoms with Gasteiger partial charge >= 0.3 is 0 Å². The Kier molecular flexibility index (Phi) is 5.65. The summed E-state index contributed by atoms with van der Waals surface area (Å²) >= 11 is 13.6. The predicted molar refractivity (Wildman–Crippen MR) is 86.8 cm³/mol. The molecule has 1 amide bonds. The molecule has 1 aromatic carbocycles. The molecule has 1 aromatic rings. The van der Waals surface area contributed by atoms with Gasteiger partial charge in [0.2, 0.25) is 5.91 Å². The Morgan fingerprint density at radius 2 is 2.00 bits per heavy atom. The lowest BCUT2D eigenvalue weighted by Gasteiger charge is -2.32. The van der Waals surface area contributed by atoms with E-state index in [4.69, 9.17) is 23.2 Å². The van der Waals surface area contributed by atoms with Crippen LogP contribution in [-0.2, 0) is 4.79 Å². The number of nitrogens with zero attached hydrogens (tertiary/aromatic N) is 1. The zero-order chi connectivity index (χ0) is 14.7. The summed E-state index contributed by atoms with van der Waals surface area (Å²) in [7, 11) is 0. The number of likely N-dealkylation sites (tertiary alicyclic amines) is 1. The molecule has 0 N–H and O–H groups in total. The number of carbonyl (C=O) groups excluding carboxylic acids is 1. The van der Waals surface area contributed by atoms with Crippen molar-refractivity contribution < 1.29 is 4.79 Å². The van der Waals surface area contributed by atoms with E-state index in [0.29, 0.717) is 10.0 Å². The summed E-state index contributed by atoms with van der Waals surface area (Å²) < 4.78 is 0. The van der Waals surface area contributed by atoms with Crippen LogP contribution in [0.25, 0.3) is 0 Å². The van der Waals surface area contributed by atoms with Gasteiger partial charge in [-0.1, -0.05) is 30.1 Å². The Morgan fingerprint density at radius 1 is 1.35 bits per heavy atom. The van der Waals surface area contributed by atoms with E-state index in [1.54, 1.807) is 12.1 Å². The Labute approximate surface area is 134 Å². The smallest absolute Gasteiger partial charge is 0.235 e. The van der Waals surface area contributed by atoms with E-state index in [1.807, 2.05) is 17.9 Å². The molecule has 0 saturated carbocycles. The van der Waals surface area contributed by atoms with Gasteiger partial charge in [0.15, 0.2) is 0 Å². The van der Waals surface area contributed by atoms with Crippen molar-refractivity contribution in [3.05, 3.63) is 28.2 Å². The lowest BCUT2D eigenvalue weighted by molar-refractivity contribution is -0.131. The molecular weight excluding hydrogens is 313 g/mol. The zero-order valence-corrected chi connectivity index (χ0v) is 14.1. The second-order valence-electron chi connectivity index (χ2n) is 5.34. The minimum Gasteiger partial charge on any atom is -0.342 e. The average Bonchev–Trinajstić information content (AvgIpc) is 2.43. The normalized spacial score (nSPS) is 18.1. The molecule has 1 fully saturated rings. The summed E-state index contributed by atoms with van der Waals surface area (Å²) in [5, 5.41) is 1.15. The molecule has 1 unspecified atom stereocenters. The molecule has 1 heterocycles. The Hall–Kier alpha value is -0.380. The number of hydrogen-bond acceptors (Lipinski definition) is 2. The number of carbonyl (C=O) groups is 1. The van der Waals surface area contributed by atoms with Gasteiger partial charge < -0.3 is 4.90 Å². The number of piperidine rings is 1. The third-order valence-electron chi connectivity index (χ3n) is 3.64. The third-order valence-corrected chi connectivity index (χ3v) is 5.46. The van der Waals surface area contributed by atoms with Crippen molar-refractivity contribution in [1.29, 1.82) is 0 Å². The van der Waals surface area contributed by atoms with E-state index in [0.717, 1.165) is 36.7 Å². The molecule has 20 heavy (non-hydrogen) atoms. The van der Waals surface area contributed by atoms with Crippen molar-refractivity contribution in [3.63, 3.8) is 0 Å². The van der Waals surface area contributed by atoms with Crippen molar-refractivity contribution in [1.82, 2.24) is 4.90 Å². The van der Waals surface area contributed by atoms with Gasteiger partial charge in [-0.15, -0.1) is 11.8 Å². The van der Waals surface area contributed by atoms with Crippen LogP contribution in [0.2, 0.25) is 10.0 Å². The van der Waals surface area contributed by atoms with Crippen molar-refractivity contribution in [2.75, 3.05) is 13.1 Å². The van der Waals surface area contributed by atoms with Crippen LogP contribution < -0.4 is 0 Å². The van der Waals surface area contributed by atoms with E-state index in [2.05, 4.69) is 6.92 Å². The maximum absolute atomic E-state index is 12.4. The highest BCUT2D eigenvalue weighted by atomic mass is 35.5. The van der Waals surface area contributed by atoms with Crippen LogP contribution in [0.5, 0.6) is 0 Å². The molecular formula is C15H19Cl2NOS. The quantitative estimate of drug-likeness (QED) is 0.746. The van der Waals surface area contributed by atoms with Crippen LogP contribution in [0.3, 0.4) is 0 Å². The first-order chi connectivity index (χ1) is 9.47. The fourth-order valence-electron chi connectivity index (χ4n) is 2.29. The van der Waals surface area contributed by atoms with Gasteiger partial charge in [-0.2, -0.15) is 0 Å². The lowest BCUT2D eigenvalue weighted by atomic mass is 9.99. The maximum Gasteiger partial charge on any atom is 0.235 e. The molecule has 1 saturated heterocycles. The minimum absolute atomic E-state index is 0.139. The van der Waals surface area contributed by atoms with Gasteiger partial charge in [-0.25, -0.2) is 0 Å². The van der Waals surface area contributed by atoms with Crippen molar-refractivity contribution >= 4 is 40.9 Å². The summed E-state index contributed by atoms with van der Waals surface area (Å²) in [6.07, 6.45) is 2.20. The largest absolute Gasteiger partial charge is 0.342 e. The first kappa shape index (κ1) is 16.0. The molecule has 0 bridgehead atoms. The summed E-state index contributed by atoms with van der Waals surface area (Å²) in [6.45, 7) is 5.91. The van der Waals surface area contributed by atoms with Gasteiger partial charge in [0, 0.05) is 23.0 Å². The number of amides is 1. The number of benzene rings is 1. The van der Waals surface area contributed by atoms with Crippen LogP contribution in [-0.4, -0.2) is 29.1 Å². The number of hydrogen-bond donors (Lipinski definition) is 0. The molecule has 1 aliphatic rings. The SMILES string of the molecule is CC1CCN(C(=O)C(C)Sc2cc(Cl)ccc2Cl)CC1. The van der Waals surface area contributed by atoms with Gasteiger partial charge in [0.25, 0.3) is 0 Å². The Balaban J connectivity index is 1.98. The number of halogens is 2. The topological polar surface area (TPSA) is 20.3 Å². The van der Waals surface area contributed by atoms with Gasteiger partial charge in [0.05, 0.1) is 10.3 Å². The lowest BCUT2D eigenvalue weighted by Crippen LogP contribution is -2.41. The Morgan fingerprint density at radius 3 is 2.65 bits per heavy atom. The van der Waals surface area contributed by atoms with Crippen molar-refractivity contribution in [3.8, 4) is 0 Å². The average molecular weight is 332 g/mol. The number of thioether (sulfide) groups is 1. The standard InChI is InChI=1S/C15H19Cl2NOS/c1-10-5-7-18(8-6-10)15(19)11(2)20-14-9-12(16)3-4-13(14)17/h3-4,9-11H,5-8H2,1-2H3. The summed E-state index contributed by atoms with van der Waals surface area (Å²) in [4.78, 5) is 15.3. The molecule has 5 heteroatoms. The van der Waals surface area contributed by atoms with E-state index in [-0.39, 0.29) is 11.2 Å². The van der Waals surface area contributed by atoms with E-state index < -0.39 is 0 Å². The number of rotatable bonds is 3. The first-order valence-corrected chi connectivity index (χ1v) is 8.51. The van der Waals surface area contributed by atoms with Gasteiger partial charge in [0.1, 0.15) is 0 Å². The van der Waals surface area contributed by atoms with Crippen LogP contribution in [0.4, 0.5) is 0 Å². The van der Waals surface area contributed by atoms with E-state index in [1.165, 1.54) is 11.8 Å². The second-order valence-corrected chi connectivity index (χ2v) is 7.57. The molecule has 0 spiro atoms. The van der Waals surface area contributed by atoms with E-state index in [9.17, 15) is 4.79 Å². The monoisotopic (exact) mass is 331 g/mol. The predicted octanol–water partition coefficient (Wildman–Crippen LogP) is 4.73. The summed E-state index contributed by atoms with van der Waals surface area (Å²) in [5.74, 6) is 0.919. The minimum atomic E-state index is -0.139. The van der Waals surface area contributed by atoms with Crippen molar-refractivity contribution in [2.24, 2.45) is 5.92 Å². The fourth-order valence-corrected chi connectivity index (χ4v) is 3.79. The molecule has 2 nitrogen and oxygen atoms in total. The van der Waals surface area contributed by atoms with Gasteiger partial charge in [-0.05, 0) is 43.9 Å². The molecule has 2 rings (SSSR count). The van der Waals surface area contributed by atoms with Crippen LogP contribution in [0, 0.1) is 5.92 Å². The van der Waals surface area contributed by atoms with Crippen LogP contribution in [0.15, 0.2) is 23.1 Å². The summed E-state index contributed by atoms with van der Waals surface area (Å²) in [5.41, 5.74) is 0. The molecule has 110 valence electrons. The third kappa shape index (κ3) is 4.06.